The van der Waals surface area contributed by atoms with Crippen LogP contribution in [0, 0.1) is 0 Å². The smallest absolute Gasteiger partial charge is 0.383 e. The molecule has 0 N–H and O–H groups in total. The lowest BCUT2D eigenvalue weighted by molar-refractivity contribution is -0.164. The molecule has 0 fully saturated rings. The molecule has 0 saturated carbocycles. The van der Waals surface area contributed by atoms with Crippen molar-refractivity contribution in [3.8, 4) is 0 Å². The maximum Gasteiger partial charge on any atom is 0.406 e. The second-order valence-corrected chi connectivity index (χ2v) is 5.99. The van der Waals surface area contributed by atoms with Gasteiger partial charge in [0, 0.05) is 18.5 Å². The van der Waals surface area contributed by atoms with Crippen LogP contribution in [-0.2, 0) is 20.7 Å². The van der Waals surface area contributed by atoms with E-state index in [0.29, 0.717) is 6.61 Å². The van der Waals surface area contributed by atoms with Crippen LogP contribution in [0.3, 0.4) is 0 Å². The van der Waals surface area contributed by atoms with Crippen molar-refractivity contribution in [2.75, 3.05) is 33.4 Å². The van der Waals surface area contributed by atoms with E-state index < -0.39 is 24.7 Å². The Morgan fingerprint density at radius 2 is 2.32 bits per heavy atom. The summed E-state index contributed by atoms with van der Waals surface area (Å²) in [7, 11) is 1.39. The van der Waals surface area contributed by atoms with E-state index in [0.717, 1.165) is 21.8 Å². The number of hydrogen-bond acceptors (Lipinski definition) is 4. The molecule has 1 unspecified atom stereocenters. The van der Waals surface area contributed by atoms with E-state index in [1.54, 1.807) is 0 Å². The minimum atomic E-state index is -4.43. The maximum absolute atomic E-state index is 12.6. The quantitative estimate of drug-likeness (QED) is 0.801. The van der Waals surface area contributed by atoms with E-state index in [1.165, 1.54) is 18.4 Å². The molecule has 1 aromatic rings. The number of nitrogens with zero attached hydrogens (tertiary/aromatic N) is 1. The molecule has 2 heterocycles. The molecule has 0 radical (unpaired) electrons. The number of alkyl halides is 3. The second-order valence-electron chi connectivity index (χ2n) is 5.05. The molecule has 1 aliphatic heterocycles. The molecule has 1 atom stereocenters. The third-order valence-corrected chi connectivity index (χ3v) is 4.46. The van der Waals surface area contributed by atoms with Crippen molar-refractivity contribution in [3.05, 3.63) is 21.9 Å². The van der Waals surface area contributed by atoms with Gasteiger partial charge in [-0.05, 0) is 23.4 Å². The number of amides is 1. The standard InChI is InChI=1S/C14H18F3NO3S/c1-20-6-4-18(9-14(15,16)17)12(19)8-11-13-10(2-5-21-11)3-7-22-13/h3,7,11H,2,4-6,8-9H2,1H3. The summed E-state index contributed by atoms with van der Waals surface area (Å²) >= 11 is 1.48. The molecule has 1 aromatic heterocycles. The summed E-state index contributed by atoms with van der Waals surface area (Å²) in [6.45, 7) is -0.797. The van der Waals surface area contributed by atoms with Crippen LogP contribution >= 0.6 is 11.3 Å². The summed E-state index contributed by atoms with van der Waals surface area (Å²) in [6.07, 6.45) is -4.17. The number of carbonyl (C=O) groups is 1. The zero-order valence-corrected chi connectivity index (χ0v) is 13.0. The first-order chi connectivity index (χ1) is 10.4. The summed E-state index contributed by atoms with van der Waals surface area (Å²) in [6, 6.07) is 1.97. The van der Waals surface area contributed by atoms with Crippen molar-refractivity contribution in [2.24, 2.45) is 0 Å². The van der Waals surface area contributed by atoms with Gasteiger partial charge < -0.3 is 14.4 Å². The van der Waals surface area contributed by atoms with Crippen LogP contribution in [0.5, 0.6) is 0 Å². The molecule has 8 heteroatoms. The molecule has 0 spiro atoms. The minimum Gasteiger partial charge on any atom is -0.383 e. The number of halogens is 3. The highest BCUT2D eigenvalue weighted by Crippen LogP contribution is 2.34. The predicted molar refractivity (Wildman–Crippen MR) is 75.8 cm³/mol. The molecule has 22 heavy (non-hydrogen) atoms. The van der Waals surface area contributed by atoms with Crippen molar-refractivity contribution in [3.63, 3.8) is 0 Å². The first-order valence-electron chi connectivity index (χ1n) is 6.92. The molecule has 1 amide bonds. The summed E-state index contributed by atoms with van der Waals surface area (Å²) in [5.41, 5.74) is 1.12. The number of hydrogen-bond donors (Lipinski definition) is 0. The number of carbonyl (C=O) groups excluding carboxylic acids is 1. The normalized spacial score (nSPS) is 18.1. The number of ether oxygens (including phenoxy) is 2. The lowest BCUT2D eigenvalue weighted by Crippen LogP contribution is -2.41. The van der Waals surface area contributed by atoms with Gasteiger partial charge in [0.2, 0.25) is 5.91 Å². The summed E-state index contributed by atoms with van der Waals surface area (Å²) in [4.78, 5) is 14.0. The van der Waals surface area contributed by atoms with Crippen LogP contribution in [-0.4, -0.2) is 50.4 Å². The van der Waals surface area contributed by atoms with Gasteiger partial charge in [0.1, 0.15) is 12.6 Å². The van der Waals surface area contributed by atoms with Crippen molar-refractivity contribution in [1.29, 1.82) is 0 Å². The van der Waals surface area contributed by atoms with Crippen molar-refractivity contribution >= 4 is 17.2 Å². The fourth-order valence-electron chi connectivity index (χ4n) is 2.37. The first kappa shape index (κ1) is 17.2. The Morgan fingerprint density at radius 1 is 1.55 bits per heavy atom. The van der Waals surface area contributed by atoms with Crippen LogP contribution in [0.2, 0.25) is 0 Å². The molecular weight excluding hydrogens is 319 g/mol. The second kappa shape index (κ2) is 7.43. The summed E-state index contributed by atoms with van der Waals surface area (Å²) < 4.78 is 48.1. The fourth-order valence-corrected chi connectivity index (χ4v) is 3.38. The van der Waals surface area contributed by atoms with E-state index in [4.69, 9.17) is 9.47 Å². The molecule has 1 aliphatic rings. The van der Waals surface area contributed by atoms with E-state index in [9.17, 15) is 18.0 Å². The Labute approximate surface area is 130 Å². The lowest BCUT2D eigenvalue weighted by Gasteiger charge is -2.27. The van der Waals surface area contributed by atoms with Gasteiger partial charge in [-0.3, -0.25) is 4.79 Å². The molecule has 124 valence electrons. The lowest BCUT2D eigenvalue weighted by atomic mass is 10.1. The van der Waals surface area contributed by atoms with Crippen LogP contribution in [0.25, 0.3) is 0 Å². The van der Waals surface area contributed by atoms with Gasteiger partial charge in [0.25, 0.3) is 0 Å². The van der Waals surface area contributed by atoms with Gasteiger partial charge >= 0.3 is 6.18 Å². The Morgan fingerprint density at radius 3 is 3.00 bits per heavy atom. The highest BCUT2D eigenvalue weighted by atomic mass is 32.1. The SMILES string of the molecule is COCCN(CC(F)(F)F)C(=O)CC1OCCc2ccsc21. The van der Waals surface area contributed by atoms with Crippen molar-refractivity contribution in [2.45, 2.75) is 25.1 Å². The molecule has 0 aromatic carbocycles. The van der Waals surface area contributed by atoms with Crippen molar-refractivity contribution < 1.29 is 27.4 Å². The average molecular weight is 337 g/mol. The first-order valence-corrected chi connectivity index (χ1v) is 7.80. The zero-order chi connectivity index (χ0) is 16.2. The molecule has 0 bridgehead atoms. The van der Waals surface area contributed by atoms with E-state index in [1.807, 2.05) is 11.4 Å². The average Bonchev–Trinajstić information content (AvgIpc) is 2.91. The van der Waals surface area contributed by atoms with Gasteiger partial charge in [-0.25, -0.2) is 0 Å². The van der Waals surface area contributed by atoms with Crippen molar-refractivity contribution in [1.82, 2.24) is 4.90 Å². The largest absolute Gasteiger partial charge is 0.406 e. The molecule has 2 rings (SSSR count). The van der Waals surface area contributed by atoms with E-state index >= 15 is 0 Å². The highest BCUT2D eigenvalue weighted by Gasteiger charge is 2.34. The Hall–Kier alpha value is -1.12. The Kier molecular flexibility index (Phi) is 5.82. The van der Waals surface area contributed by atoms with Crippen LogP contribution in [0.15, 0.2) is 11.4 Å². The topological polar surface area (TPSA) is 38.8 Å². The van der Waals surface area contributed by atoms with Gasteiger partial charge in [0.15, 0.2) is 0 Å². The Bertz CT molecular complexity index is 504. The minimum absolute atomic E-state index is 0.0671. The Balaban J connectivity index is 2.02. The maximum atomic E-state index is 12.6. The molecule has 0 saturated heterocycles. The fraction of sp³-hybridized carbons (Fsp3) is 0.643. The molecule has 0 aliphatic carbocycles. The van der Waals surface area contributed by atoms with Crippen LogP contribution < -0.4 is 0 Å². The number of rotatable bonds is 6. The van der Waals surface area contributed by atoms with Gasteiger partial charge in [-0.2, -0.15) is 13.2 Å². The van der Waals surface area contributed by atoms with Crippen LogP contribution in [0.4, 0.5) is 13.2 Å². The third-order valence-electron chi connectivity index (χ3n) is 3.41. The zero-order valence-electron chi connectivity index (χ0n) is 12.2. The number of fused-ring (bicyclic) bond motifs is 1. The van der Waals surface area contributed by atoms with Gasteiger partial charge in [-0.15, -0.1) is 11.3 Å². The van der Waals surface area contributed by atoms with Crippen LogP contribution in [0.1, 0.15) is 23.0 Å². The monoisotopic (exact) mass is 337 g/mol. The molecule has 4 nitrogen and oxygen atoms in total. The van der Waals surface area contributed by atoms with Gasteiger partial charge in [-0.1, -0.05) is 0 Å². The van der Waals surface area contributed by atoms with E-state index in [2.05, 4.69) is 0 Å². The number of methoxy groups -OCH3 is 1. The van der Waals surface area contributed by atoms with Gasteiger partial charge in [0.05, 0.1) is 19.6 Å². The van der Waals surface area contributed by atoms with E-state index in [-0.39, 0.29) is 19.6 Å². The highest BCUT2D eigenvalue weighted by molar-refractivity contribution is 7.10. The predicted octanol–water partition coefficient (Wildman–Crippen LogP) is 2.79. The summed E-state index contributed by atoms with van der Waals surface area (Å²) in [5, 5.41) is 1.91. The summed E-state index contributed by atoms with van der Waals surface area (Å²) in [5.74, 6) is -0.569. The number of thiophene rings is 1. The third kappa shape index (κ3) is 4.69. The molecular formula is C14H18F3NO3S.